The van der Waals surface area contributed by atoms with E-state index in [-0.39, 0.29) is 12.8 Å². The molecule has 114 valence electrons. The lowest BCUT2D eigenvalue weighted by molar-refractivity contribution is -0.143. The van der Waals surface area contributed by atoms with Gasteiger partial charge in [-0.1, -0.05) is 0 Å². The van der Waals surface area contributed by atoms with Crippen LogP contribution in [0.25, 0.3) is 0 Å². The number of carbonyl (C=O) groups is 4. The van der Waals surface area contributed by atoms with Crippen molar-refractivity contribution in [2.24, 2.45) is 0 Å². The molecule has 0 aromatic rings. The number of hydrogen-bond donors (Lipinski definition) is 6. The first kappa shape index (κ1) is 17.8. The zero-order valence-corrected chi connectivity index (χ0v) is 10.4. The Kier molecular flexibility index (Phi) is 7.85. The summed E-state index contributed by atoms with van der Waals surface area (Å²) < 4.78 is 0. The molecule has 0 aromatic heterocycles. The minimum Gasteiger partial charge on any atom is -0.480 e. The third-order valence-electron chi connectivity index (χ3n) is 2.34. The van der Waals surface area contributed by atoms with Crippen LogP contribution < -0.4 is 10.6 Å². The summed E-state index contributed by atoms with van der Waals surface area (Å²) in [6.45, 7) is -1.14. The molecule has 2 atom stereocenters. The summed E-state index contributed by atoms with van der Waals surface area (Å²) in [5.74, 6) is -5.10. The third-order valence-corrected chi connectivity index (χ3v) is 2.34. The molecule has 0 aliphatic heterocycles. The van der Waals surface area contributed by atoms with Crippen LogP contribution in [0.3, 0.4) is 0 Å². The van der Waals surface area contributed by atoms with Crippen molar-refractivity contribution in [2.75, 3.05) is 13.1 Å². The van der Waals surface area contributed by atoms with E-state index >= 15 is 0 Å². The lowest BCUT2D eigenvalue weighted by Crippen LogP contribution is -2.44. The highest BCUT2D eigenvalue weighted by Crippen LogP contribution is 2.03. The Balaban J connectivity index is 4.39. The van der Waals surface area contributed by atoms with Crippen LogP contribution in [-0.4, -0.2) is 69.5 Å². The minimum atomic E-state index is -1.31. The topological polar surface area (TPSA) is 173 Å². The lowest BCUT2D eigenvalue weighted by Gasteiger charge is -2.17. The van der Waals surface area contributed by atoms with Gasteiger partial charge in [0, 0.05) is 0 Å². The second-order valence-corrected chi connectivity index (χ2v) is 3.91. The van der Waals surface area contributed by atoms with E-state index in [1.54, 1.807) is 0 Å². The van der Waals surface area contributed by atoms with Gasteiger partial charge in [-0.05, 0) is 12.8 Å². The summed E-state index contributed by atoms with van der Waals surface area (Å²) in [5.41, 5.74) is 0. The summed E-state index contributed by atoms with van der Waals surface area (Å²) in [6, 6.07) is -2.45. The molecule has 0 bridgehead atoms. The van der Waals surface area contributed by atoms with E-state index in [1.807, 2.05) is 0 Å². The molecule has 0 heterocycles. The molecule has 6 N–H and O–H groups in total. The second-order valence-electron chi connectivity index (χ2n) is 3.91. The second kappa shape index (κ2) is 8.82. The fourth-order valence-corrected chi connectivity index (χ4v) is 1.38. The van der Waals surface area contributed by atoms with Crippen molar-refractivity contribution >= 4 is 23.9 Å². The molecule has 0 fully saturated rings. The van der Waals surface area contributed by atoms with Gasteiger partial charge in [0.1, 0.15) is 12.1 Å². The van der Waals surface area contributed by atoms with Crippen molar-refractivity contribution in [1.82, 2.24) is 10.6 Å². The van der Waals surface area contributed by atoms with Crippen molar-refractivity contribution in [3.05, 3.63) is 0 Å². The predicted octanol–water partition coefficient (Wildman–Crippen LogP) is -1.98. The van der Waals surface area contributed by atoms with Gasteiger partial charge in [-0.25, -0.2) is 0 Å². The Hall–Kier alpha value is -2.20. The Morgan fingerprint density at radius 2 is 1.00 bits per heavy atom. The average molecular weight is 292 g/mol. The number of carboxylic acids is 4. The summed E-state index contributed by atoms with van der Waals surface area (Å²) in [6.07, 6.45) is -0.321. The Morgan fingerprint density at radius 1 is 0.700 bits per heavy atom. The number of hydrogen-bond acceptors (Lipinski definition) is 6. The van der Waals surface area contributed by atoms with Crippen LogP contribution in [0.2, 0.25) is 0 Å². The molecular formula is C10H16N2O8. The van der Waals surface area contributed by atoms with Crippen LogP contribution in [0.1, 0.15) is 12.8 Å². The van der Waals surface area contributed by atoms with E-state index in [9.17, 15) is 19.2 Å². The van der Waals surface area contributed by atoms with Crippen molar-refractivity contribution in [3.8, 4) is 0 Å². The summed E-state index contributed by atoms with van der Waals surface area (Å²) in [7, 11) is 0. The molecule has 0 rings (SSSR count). The fourth-order valence-electron chi connectivity index (χ4n) is 1.38. The van der Waals surface area contributed by atoms with Gasteiger partial charge in [-0.3, -0.25) is 29.8 Å². The highest BCUT2D eigenvalue weighted by Gasteiger charge is 2.23. The quantitative estimate of drug-likeness (QED) is 0.250. The normalized spacial score (nSPS) is 13.4. The van der Waals surface area contributed by atoms with E-state index in [0.29, 0.717) is 0 Å². The zero-order valence-electron chi connectivity index (χ0n) is 10.4. The maximum Gasteiger partial charge on any atom is 0.320 e. The van der Waals surface area contributed by atoms with Gasteiger partial charge in [-0.2, -0.15) is 0 Å². The minimum absolute atomic E-state index is 0.161. The van der Waals surface area contributed by atoms with Gasteiger partial charge in [0.2, 0.25) is 0 Å². The summed E-state index contributed by atoms with van der Waals surface area (Å²) >= 11 is 0. The maximum atomic E-state index is 10.8. The smallest absolute Gasteiger partial charge is 0.320 e. The van der Waals surface area contributed by atoms with Crippen molar-refractivity contribution in [1.29, 1.82) is 0 Å². The Labute approximate surface area is 113 Å². The van der Waals surface area contributed by atoms with E-state index < -0.39 is 49.1 Å². The van der Waals surface area contributed by atoms with E-state index in [1.165, 1.54) is 0 Å². The summed E-state index contributed by atoms with van der Waals surface area (Å²) in [4.78, 5) is 42.3. The van der Waals surface area contributed by atoms with Crippen LogP contribution in [0, 0.1) is 0 Å². The molecule has 0 saturated carbocycles. The molecule has 0 spiro atoms. The largest absolute Gasteiger partial charge is 0.480 e. The number of carboxylic acid groups (broad SMARTS) is 4. The highest BCUT2D eigenvalue weighted by atomic mass is 16.4. The molecule has 0 amide bonds. The maximum absolute atomic E-state index is 10.8. The molecule has 20 heavy (non-hydrogen) atoms. The summed E-state index contributed by atoms with van der Waals surface area (Å²) in [5, 5.41) is 39.0. The van der Waals surface area contributed by atoms with Crippen molar-refractivity contribution in [2.45, 2.75) is 24.9 Å². The van der Waals surface area contributed by atoms with Gasteiger partial charge in [0.15, 0.2) is 0 Å². The lowest BCUT2D eigenvalue weighted by atomic mass is 10.1. The fraction of sp³-hybridized carbons (Fsp3) is 0.600. The number of rotatable bonds is 11. The molecule has 10 nitrogen and oxygen atoms in total. The molecule has 0 saturated heterocycles. The molecule has 2 unspecified atom stereocenters. The molecule has 0 radical (unpaired) electrons. The van der Waals surface area contributed by atoms with Crippen LogP contribution in [0.4, 0.5) is 0 Å². The monoisotopic (exact) mass is 292 g/mol. The standard InChI is InChI=1S/C10H16N2O8/c13-7(14)3-11-5(9(17)18)1-2-6(10(19)20)12-4-8(15)16/h5-6,11-12H,1-4H2,(H,13,14)(H,15,16)(H,17,18)(H,19,20). The number of nitrogens with one attached hydrogen (secondary N) is 2. The van der Waals surface area contributed by atoms with E-state index in [2.05, 4.69) is 10.6 Å². The third kappa shape index (κ3) is 8.00. The molecule has 10 heteroatoms. The first-order chi connectivity index (χ1) is 9.23. The van der Waals surface area contributed by atoms with Crippen LogP contribution in [-0.2, 0) is 19.2 Å². The highest BCUT2D eigenvalue weighted by molar-refractivity contribution is 5.77. The van der Waals surface area contributed by atoms with Gasteiger partial charge in [-0.15, -0.1) is 0 Å². The van der Waals surface area contributed by atoms with Crippen LogP contribution >= 0.6 is 0 Å². The first-order valence-electron chi connectivity index (χ1n) is 5.60. The first-order valence-corrected chi connectivity index (χ1v) is 5.60. The molecule has 0 aromatic carbocycles. The molecule has 0 aliphatic rings. The van der Waals surface area contributed by atoms with Gasteiger partial charge in [0.25, 0.3) is 0 Å². The van der Waals surface area contributed by atoms with E-state index in [0.717, 1.165) is 0 Å². The van der Waals surface area contributed by atoms with Gasteiger partial charge in [0.05, 0.1) is 13.1 Å². The SMILES string of the molecule is O=C(O)CNC(CCC(NCC(=O)O)C(=O)O)C(=O)O. The molecular weight excluding hydrogens is 276 g/mol. The van der Waals surface area contributed by atoms with Crippen molar-refractivity contribution < 1.29 is 39.6 Å². The Bertz CT molecular complexity index is 347. The van der Waals surface area contributed by atoms with Crippen LogP contribution in [0.15, 0.2) is 0 Å². The average Bonchev–Trinajstić information content (AvgIpc) is 2.30. The van der Waals surface area contributed by atoms with Crippen molar-refractivity contribution in [3.63, 3.8) is 0 Å². The zero-order chi connectivity index (χ0) is 15.7. The van der Waals surface area contributed by atoms with Crippen LogP contribution in [0.5, 0.6) is 0 Å². The van der Waals surface area contributed by atoms with Gasteiger partial charge >= 0.3 is 23.9 Å². The number of aliphatic carboxylic acids is 4. The van der Waals surface area contributed by atoms with E-state index in [4.69, 9.17) is 20.4 Å². The van der Waals surface area contributed by atoms with Gasteiger partial charge < -0.3 is 20.4 Å². The Morgan fingerprint density at radius 3 is 1.20 bits per heavy atom. The molecule has 0 aliphatic carbocycles. The predicted molar refractivity (Wildman–Crippen MR) is 63.4 cm³/mol.